The summed E-state index contributed by atoms with van der Waals surface area (Å²) in [5, 5.41) is 23.0. The molecule has 26 heavy (non-hydrogen) atoms. The highest BCUT2D eigenvalue weighted by Crippen LogP contribution is 2.26. The van der Waals surface area contributed by atoms with Gasteiger partial charge < -0.3 is 10.2 Å². The molecule has 0 spiro atoms. The second-order valence-electron chi connectivity index (χ2n) is 6.60. The lowest BCUT2D eigenvalue weighted by Crippen LogP contribution is -2.41. The van der Waals surface area contributed by atoms with Crippen LogP contribution in [0.5, 0.6) is 0 Å². The van der Waals surface area contributed by atoms with Crippen LogP contribution >= 0.6 is 11.3 Å². The molecule has 1 aliphatic heterocycles. The molecule has 0 unspecified atom stereocenters. The van der Waals surface area contributed by atoms with Crippen LogP contribution < -0.4 is 10.2 Å². The molecule has 3 rings (SSSR count). The van der Waals surface area contributed by atoms with Gasteiger partial charge in [-0.1, -0.05) is 6.07 Å². The standard InChI is InChI=1S/C19H23N5OS/c1-13-14(2)22-23-18(17(13)12-20)24-9-6-15(7-10-24)19(25)21-8-5-16-4-3-11-26-16/h3-4,11,15H,5-10H2,1-2H3,(H,21,25). The van der Waals surface area contributed by atoms with Gasteiger partial charge in [0.05, 0.1) is 5.69 Å². The lowest BCUT2D eigenvalue weighted by atomic mass is 9.95. The van der Waals surface area contributed by atoms with E-state index in [0.717, 1.165) is 43.6 Å². The maximum atomic E-state index is 12.4. The van der Waals surface area contributed by atoms with E-state index in [-0.39, 0.29) is 11.8 Å². The molecule has 0 atom stereocenters. The fourth-order valence-electron chi connectivity index (χ4n) is 3.21. The Morgan fingerprint density at radius 1 is 1.38 bits per heavy atom. The van der Waals surface area contributed by atoms with Crippen molar-refractivity contribution in [2.75, 3.05) is 24.5 Å². The maximum Gasteiger partial charge on any atom is 0.223 e. The number of aromatic nitrogens is 2. The third kappa shape index (κ3) is 4.02. The number of hydrogen-bond donors (Lipinski definition) is 1. The van der Waals surface area contributed by atoms with Crippen LogP contribution in [0.2, 0.25) is 0 Å². The van der Waals surface area contributed by atoms with E-state index >= 15 is 0 Å². The largest absolute Gasteiger partial charge is 0.355 e. The summed E-state index contributed by atoms with van der Waals surface area (Å²) in [4.78, 5) is 15.8. The van der Waals surface area contributed by atoms with Gasteiger partial charge in [0.15, 0.2) is 5.82 Å². The van der Waals surface area contributed by atoms with Gasteiger partial charge in [0, 0.05) is 30.4 Å². The van der Waals surface area contributed by atoms with Crippen molar-refractivity contribution in [3.8, 4) is 6.07 Å². The van der Waals surface area contributed by atoms with E-state index < -0.39 is 0 Å². The zero-order valence-corrected chi connectivity index (χ0v) is 16.0. The lowest BCUT2D eigenvalue weighted by Gasteiger charge is -2.32. The molecule has 1 saturated heterocycles. The Balaban J connectivity index is 1.53. The minimum atomic E-state index is 0.0274. The second kappa shape index (κ2) is 8.28. The van der Waals surface area contributed by atoms with Crippen LogP contribution in [0, 0.1) is 31.1 Å². The average molecular weight is 369 g/mol. The molecular weight excluding hydrogens is 346 g/mol. The SMILES string of the molecule is Cc1nnc(N2CCC(C(=O)NCCc3cccs3)CC2)c(C#N)c1C. The van der Waals surface area contributed by atoms with Crippen LogP contribution in [0.1, 0.15) is 34.5 Å². The van der Waals surface area contributed by atoms with Crippen molar-refractivity contribution < 1.29 is 4.79 Å². The smallest absolute Gasteiger partial charge is 0.223 e. The summed E-state index contributed by atoms with van der Waals surface area (Å²) in [5.41, 5.74) is 2.26. The fraction of sp³-hybridized carbons (Fsp3) is 0.474. The molecule has 1 aliphatic rings. The molecule has 3 heterocycles. The lowest BCUT2D eigenvalue weighted by molar-refractivity contribution is -0.125. The van der Waals surface area contributed by atoms with Gasteiger partial charge in [-0.05, 0) is 50.1 Å². The first-order chi connectivity index (χ1) is 12.6. The summed E-state index contributed by atoms with van der Waals surface area (Å²) in [5.74, 6) is 0.805. The van der Waals surface area contributed by atoms with Crippen LogP contribution in [-0.4, -0.2) is 35.7 Å². The molecule has 1 N–H and O–H groups in total. The number of rotatable bonds is 5. The third-order valence-electron chi connectivity index (χ3n) is 4.96. The summed E-state index contributed by atoms with van der Waals surface area (Å²) in [6.07, 6.45) is 2.42. The van der Waals surface area contributed by atoms with E-state index in [2.05, 4.69) is 37.9 Å². The maximum absolute atomic E-state index is 12.4. The number of piperidine rings is 1. The van der Waals surface area contributed by atoms with E-state index in [0.29, 0.717) is 17.9 Å². The molecule has 136 valence electrons. The number of carbonyl (C=O) groups excluding carboxylic acids is 1. The first-order valence-electron chi connectivity index (χ1n) is 8.89. The van der Waals surface area contributed by atoms with Crippen LogP contribution in [0.15, 0.2) is 17.5 Å². The van der Waals surface area contributed by atoms with Gasteiger partial charge in [0.25, 0.3) is 0 Å². The Kier molecular flexibility index (Phi) is 5.84. The predicted octanol–water partition coefficient (Wildman–Crippen LogP) is 2.60. The first-order valence-corrected chi connectivity index (χ1v) is 9.77. The van der Waals surface area contributed by atoms with E-state index in [1.54, 1.807) is 11.3 Å². The zero-order chi connectivity index (χ0) is 18.5. The van der Waals surface area contributed by atoms with Crippen LogP contribution in [0.4, 0.5) is 5.82 Å². The molecule has 0 bridgehead atoms. The third-order valence-corrected chi connectivity index (χ3v) is 5.90. The summed E-state index contributed by atoms with van der Waals surface area (Å²) in [7, 11) is 0. The highest BCUT2D eigenvalue weighted by atomic mass is 32.1. The average Bonchev–Trinajstić information content (AvgIpc) is 3.17. The fourth-order valence-corrected chi connectivity index (χ4v) is 3.92. The normalized spacial score (nSPS) is 14.9. The Bertz CT molecular complexity index is 804. The van der Waals surface area contributed by atoms with Crippen molar-refractivity contribution in [2.45, 2.75) is 33.1 Å². The highest BCUT2D eigenvalue weighted by Gasteiger charge is 2.27. The van der Waals surface area contributed by atoms with Gasteiger partial charge in [0.2, 0.25) is 5.91 Å². The molecule has 2 aromatic rings. The van der Waals surface area contributed by atoms with Crippen molar-refractivity contribution >= 4 is 23.1 Å². The summed E-state index contributed by atoms with van der Waals surface area (Å²) in [6, 6.07) is 6.38. The summed E-state index contributed by atoms with van der Waals surface area (Å²) < 4.78 is 0. The van der Waals surface area contributed by atoms with Gasteiger partial charge in [-0.15, -0.1) is 16.4 Å². The predicted molar refractivity (Wildman–Crippen MR) is 102 cm³/mol. The van der Waals surface area contributed by atoms with Gasteiger partial charge in [-0.2, -0.15) is 10.4 Å². The Morgan fingerprint density at radius 2 is 2.15 bits per heavy atom. The zero-order valence-electron chi connectivity index (χ0n) is 15.2. The van der Waals surface area contributed by atoms with E-state index in [4.69, 9.17) is 0 Å². The van der Waals surface area contributed by atoms with Crippen molar-refractivity contribution in [1.29, 1.82) is 5.26 Å². The second-order valence-corrected chi connectivity index (χ2v) is 7.63. The van der Waals surface area contributed by atoms with E-state index in [1.807, 2.05) is 19.9 Å². The number of thiophene rings is 1. The van der Waals surface area contributed by atoms with E-state index in [1.165, 1.54) is 4.88 Å². The highest BCUT2D eigenvalue weighted by molar-refractivity contribution is 7.09. The van der Waals surface area contributed by atoms with Gasteiger partial charge in [-0.3, -0.25) is 4.79 Å². The molecule has 0 aliphatic carbocycles. The Hall–Kier alpha value is -2.46. The Morgan fingerprint density at radius 3 is 2.81 bits per heavy atom. The first kappa shape index (κ1) is 18.3. The molecule has 0 saturated carbocycles. The van der Waals surface area contributed by atoms with Crippen molar-refractivity contribution in [2.24, 2.45) is 5.92 Å². The van der Waals surface area contributed by atoms with Crippen LogP contribution in [0.25, 0.3) is 0 Å². The molecule has 7 heteroatoms. The molecule has 6 nitrogen and oxygen atoms in total. The minimum absolute atomic E-state index is 0.0274. The number of nitrogens with zero attached hydrogens (tertiary/aromatic N) is 4. The molecule has 0 radical (unpaired) electrons. The number of aryl methyl sites for hydroxylation is 1. The number of carbonyl (C=O) groups is 1. The van der Waals surface area contributed by atoms with Gasteiger partial charge >= 0.3 is 0 Å². The van der Waals surface area contributed by atoms with Gasteiger partial charge in [0.1, 0.15) is 11.6 Å². The molecule has 0 aromatic carbocycles. The number of anilines is 1. The number of amides is 1. The van der Waals surface area contributed by atoms with Crippen LogP contribution in [-0.2, 0) is 11.2 Å². The minimum Gasteiger partial charge on any atom is -0.355 e. The molecule has 1 fully saturated rings. The number of nitrogens with one attached hydrogen (secondary N) is 1. The van der Waals surface area contributed by atoms with Crippen molar-refractivity contribution in [3.63, 3.8) is 0 Å². The number of hydrogen-bond acceptors (Lipinski definition) is 6. The van der Waals surface area contributed by atoms with Crippen LogP contribution in [0.3, 0.4) is 0 Å². The topological polar surface area (TPSA) is 81.9 Å². The monoisotopic (exact) mass is 369 g/mol. The molecule has 2 aromatic heterocycles. The van der Waals surface area contributed by atoms with Gasteiger partial charge in [-0.25, -0.2) is 0 Å². The summed E-state index contributed by atoms with van der Waals surface area (Å²) >= 11 is 1.72. The molecule has 1 amide bonds. The summed E-state index contributed by atoms with van der Waals surface area (Å²) in [6.45, 7) is 5.88. The Labute approximate surface area is 157 Å². The van der Waals surface area contributed by atoms with Crippen molar-refractivity contribution in [3.05, 3.63) is 39.2 Å². The number of nitriles is 1. The molecular formula is C19H23N5OS. The quantitative estimate of drug-likeness (QED) is 0.876. The van der Waals surface area contributed by atoms with E-state index in [9.17, 15) is 10.1 Å². The van der Waals surface area contributed by atoms with Crippen molar-refractivity contribution in [1.82, 2.24) is 15.5 Å².